The molecule has 2 aromatic carbocycles. The molecular formula is C38H50ClN3O6S. The van der Waals surface area contributed by atoms with Crippen LogP contribution in [0.15, 0.2) is 48.6 Å². The largest absolute Gasteiger partial charge is 0.490 e. The molecule has 1 amide bonds. The van der Waals surface area contributed by atoms with Crippen LogP contribution in [0.4, 0.5) is 5.69 Å². The predicted molar refractivity (Wildman–Crippen MR) is 192 cm³/mol. The maximum atomic E-state index is 13.5. The molecule has 2 aromatic rings. The summed E-state index contributed by atoms with van der Waals surface area (Å²) in [4.78, 5) is 18.3. The maximum absolute atomic E-state index is 13.5. The van der Waals surface area contributed by atoms with E-state index in [1.54, 1.807) is 13.0 Å². The molecule has 3 heterocycles. The van der Waals surface area contributed by atoms with Crippen molar-refractivity contribution in [3.8, 4) is 5.75 Å². The number of fused-ring (bicyclic) bond motifs is 4. The lowest BCUT2D eigenvalue weighted by atomic mass is 9.68. The van der Waals surface area contributed by atoms with Crippen LogP contribution in [0, 0.1) is 17.8 Å². The van der Waals surface area contributed by atoms with E-state index in [9.17, 15) is 13.2 Å². The first-order chi connectivity index (χ1) is 23.6. The van der Waals surface area contributed by atoms with Crippen LogP contribution in [-0.2, 0) is 31.3 Å². The molecule has 1 spiro atoms. The van der Waals surface area contributed by atoms with E-state index in [4.69, 9.17) is 25.8 Å². The summed E-state index contributed by atoms with van der Waals surface area (Å²) >= 11 is 6.46. The highest BCUT2D eigenvalue weighted by Crippen LogP contribution is 2.47. The third-order valence-electron chi connectivity index (χ3n) is 11.8. The van der Waals surface area contributed by atoms with Gasteiger partial charge in [-0.15, -0.1) is 0 Å². The lowest BCUT2D eigenvalue weighted by Gasteiger charge is -2.46. The Morgan fingerprint density at radius 2 is 1.94 bits per heavy atom. The fraction of sp³-hybridized carbons (Fsp3) is 0.605. The van der Waals surface area contributed by atoms with Crippen LogP contribution in [0.2, 0.25) is 5.02 Å². The molecule has 11 heteroatoms. The number of amides is 1. The van der Waals surface area contributed by atoms with Gasteiger partial charge in [-0.1, -0.05) is 36.7 Å². The molecule has 49 heavy (non-hydrogen) atoms. The van der Waals surface area contributed by atoms with Gasteiger partial charge in [0, 0.05) is 48.7 Å². The molecule has 6 unspecified atom stereocenters. The monoisotopic (exact) mass is 711 g/mol. The summed E-state index contributed by atoms with van der Waals surface area (Å²) < 4.78 is 48.1. The van der Waals surface area contributed by atoms with Crippen LogP contribution < -0.4 is 14.4 Å². The smallest absolute Gasteiger partial charge is 0.264 e. The van der Waals surface area contributed by atoms with Crippen molar-refractivity contribution in [3.63, 3.8) is 0 Å². The highest BCUT2D eigenvalue weighted by molar-refractivity contribution is 7.90. The van der Waals surface area contributed by atoms with Crippen LogP contribution in [-0.4, -0.2) is 89.7 Å². The quantitative estimate of drug-likeness (QED) is 0.410. The Labute approximate surface area is 296 Å². The lowest BCUT2D eigenvalue weighted by molar-refractivity contribution is -0.0315. The number of halogens is 1. The van der Waals surface area contributed by atoms with Crippen molar-refractivity contribution >= 4 is 33.2 Å². The number of morpholine rings is 1. The number of carbonyl (C=O) groups is 1. The summed E-state index contributed by atoms with van der Waals surface area (Å²) in [5, 5.41) is -0.00970. The second-order valence-corrected chi connectivity index (χ2v) is 17.4. The van der Waals surface area contributed by atoms with Crippen LogP contribution in [0.1, 0.15) is 67.4 Å². The zero-order chi connectivity index (χ0) is 34.2. The van der Waals surface area contributed by atoms with E-state index in [1.165, 1.54) is 11.1 Å². The topological polar surface area (TPSA) is 97.4 Å². The molecule has 0 radical (unpaired) electrons. The lowest BCUT2D eigenvalue weighted by Crippen LogP contribution is -2.50. The fourth-order valence-corrected chi connectivity index (χ4v) is 9.94. The van der Waals surface area contributed by atoms with Gasteiger partial charge in [-0.25, -0.2) is 13.1 Å². The third kappa shape index (κ3) is 7.40. The average Bonchev–Trinajstić information content (AvgIpc) is 3.22. The highest BCUT2D eigenvalue weighted by Gasteiger charge is 2.44. The molecule has 2 aliphatic carbocycles. The van der Waals surface area contributed by atoms with Crippen LogP contribution in [0.5, 0.6) is 5.75 Å². The second kappa shape index (κ2) is 14.5. The number of allylic oxidation sites excluding steroid dienone is 1. The normalized spacial score (nSPS) is 32.5. The minimum atomic E-state index is -3.92. The van der Waals surface area contributed by atoms with Crippen molar-refractivity contribution in [3.05, 3.63) is 70.3 Å². The van der Waals surface area contributed by atoms with Crippen LogP contribution in [0.3, 0.4) is 0 Å². The Balaban J connectivity index is 1.23. The number of ether oxygens (including phenoxy) is 3. The summed E-state index contributed by atoms with van der Waals surface area (Å²) in [6.45, 7) is 10.5. The summed E-state index contributed by atoms with van der Waals surface area (Å²) in [6.07, 6.45) is 9.97. The molecule has 2 bridgehead atoms. The first-order valence-corrected chi connectivity index (χ1v) is 20.0. The van der Waals surface area contributed by atoms with Crippen molar-refractivity contribution in [2.75, 3.05) is 64.1 Å². The molecule has 0 aromatic heterocycles. The van der Waals surface area contributed by atoms with E-state index in [0.29, 0.717) is 37.0 Å². The SMILES string of the molecule is CC1C/C=C/C(OCCN2CCOCC2)C2CCC2CN2CC3(CCCc4cc(Cl)ccc43)COc3ccc(cc32)C(=O)NS(=O)(=O)C1C. The second-order valence-electron chi connectivity index (χ2n) is 14.9. The molecule has 1 saturated heterocycles. The summed E-state index contributed by atoms with van der Waals surface area (Å²) in [5.41, 5.74) is 3.46. The van der Waals surface area contributed by atoms with Crippen LogP contribution >= 0.6 is 11.6 Å². The number of anilines is 1. The Morgan fingerprint density at radius 1 is 1.10 bits per heavy atom. The zero-order valence-electron chi connectivity index (χ0n) is 28.7. The van der Waals surface area contributed by atoms with Gasteiger partial charge in [0.05, 0.1) is 43.5 Å². The standard InChI is InChI=1S/C38H50ClN3O6S/c1-26-5-3-7-35(47-20-17-41-15-18-46-19-16-41)32-11-8-30(32)23-42-24-38(14-4-6-28-21-31(39)10-12-33(28)38)25-48-36-13-9-29(22-34(36)42)37(43)40-49(44,45)27(26)2/h3,7,9-10,12-13,21-22,26-27,30,32,35H,4-6,8,11,14-20,23-25H2,1-2H3,(H,40,43)/b7-3+. The molecule has 266 valence electrons. The number of hydrogen-bond donors (Lipinski definition) is 1. The van der Waals surface area contributed by atoms with Crippen molar-refractivity contribution in [2.24, 2.45) is 17.8 Å². The van der Waals surface area contributed by atoms with E-state index < -0.39 is 21.2 Å². The molecule has 7 rings (SSSR count). The van der Waals surface area contributed by atoms with E-state index in [-0.39, 0.29) is 17.4 Å². The Bertz CT molecular complexity index is 1660. The number of nitrogens with zero attached hydrogens (tertiary/aromatic N) is 2. The Kier molecular flexibility index (Phi) is 10.3. The van der Waals surface area contributed by atoms with Crippen molar-refractivity contribution in [2.45, 2.75) is 69.1 Å². The number of carbonyl (C=O) groups excluding carboxylic acids is 1. The summed E-state index contributed by atoms with van der Waals surface area (Å²) in [6, 6.07) is 11.6. The van der Waals surface area contributed by atoms with Gasteiger partial charge in [-0.3, -0.25) is 9.69 Å². The number of sulfonamides is 1. The first-order valence-electron chi connectivity index (χ1n) is 18.1. The van der Waals surface area contributed by atoms with Crippen molar-refractivity contribution < 1.29 is 27.4 Å². The van der Waals surface area contributed by atoms with Gasteiger partial charge in [-0.2, -0.15) is 0 Å². The number of aryl methyl sites for hydroxylation is 1. The number of rotatable bonds is 4. The molecule has 1 saturated carbocycles. The van der Waals surface area contributed by atoms with E-state index >= 15 is 0 Å². The van der Waals surface area contributed by atoms with Crippen LogP contribution in [0.25, 0.3) is 0 Å². The molecule has 9 nitrogen and oxygen atoms in total. The zero-order valence-corrected chi connectivity index (χ0v) is 30.3. The predicted octanol–water partition coefficient (Wildman–Crippen LogP) is 5.60. The van der Waals surface area contributed by atoms with E-state index in [1.807, 2.05) is 25.1 Å². The molecule has 1 N–H and O–H groups in total. The van der Waals surface area contributed by atoms with E-state index in [2.05, 4.69) is 38.8 Å². The maximum Gasteiger partial charge on any atom is 0.264 e. The fourth-order valence-electron chi connectivity index (χ4n) is 8.46. The number of nitrogens with one attached hydrogen (secondary N) is 1. The molecule has 3 aliphatic heterocycles. The van der Waals surface area contributed by atoms with Gasteiger partial charge in [0.15, 0.2) is 0 Å². The minimum Gasteiger partial charge on any atom is -0.490 e. The Hall–Kier alpha value is -2.63. The molecular weight excluding hydrogens is 662 g/mol. The van der Waals surface area contributed by atoms with Gasteiger partial charge >= 0.3 is 0 Å². The molecule has 6 atom stereocenters. The number of benzene rings is 2. The molecule has 2 fully saturated rings. The summed E-state index contributed by atoms with van der Waals surface area (Å²) in [5.74, 6) is 0.626. The van der Waals surface area contributed by atoms with Gasteiger partial charge < -0.3 is 19.1 Å². The van der Waals surface area contributed by atoms with E-state index in [0.717, 1.165) is 94.5 Å². The van der Waals surface area contributed by atoms with Gasteiger partial charge in [0.1, 0.15) is 5.75 Å². The van der Waals surface area contributed by atoms with Gasteiger partial charge in [0.25, 0.3) is 5.91 Å². The van der Waals surface area contributed by atoms with Crippen molar-refractivity contribution in [1.82, 2.24) is 9.62 Å². The third-order valence-corrected chi connectivity index (χ3v) is 14.0. The molecule has 5 aliphatic rings. The highest BCUT2D eigenvalue weighted by atomic mass is 35.5. The summed E-state index contributed by atoms with van der Waals surface area (Å²) in [7, 11) is -3.92. The van der Waals surface area contributed by atoms with Crippen molar-refractivity contribution in [1.29, 1.82) is 0 Å². The van der Waals surface area contributed by atoms with Gasteiger partial charge in [0.2, 0.25) is 10.0 Å². The first kappa shape index (κ1) is 34.8. The Morgan fingerprint density at radius 3 is 2.73 bits per heavy atom. The van der Waals surface area contributed by atoms with Gasteiger partial charge in [-0.05, 0) is 105 Å². The minimum absolute atomic E-state index is 0.0629. The number of hydrogen-bond acceptors (Lipinski definition) is 8. The average molecular weight is 712 g/mol.